The zero-order valence-corrected chi connectivity index (χ0v) is 13.6. The van der Waals surface area contributed by atoms with Gasteiger partial charge in [-0.25, -0.2) is 0 Å². The summed E-state index contributed by atoms with van der Waals surface area (Å²) in [6, 6.07) is 0.925. The zero-order valence-electron chi connectivity index (χ0n) is 13.6. The molecule has 0 bridgehead atoms. The smallest absolute Gasteiger partial charge is 0.00952 e. The van der Waals surface area contributed by atoms with Gasteiger partial charge in [0.25, 0.3) is 0 Å². The van der Waals surface area contributed by atoms with Gasteiger partial charge in [-0.3, -0.25) is 0 Å². The number of hydrogen-bond donors (Lipinski definition) is 0. The average Bonchev–Trinajstić information content (AvgIpc) is 2.45. The normalized spacial score (nSPS) is 20.8. The summed E-state index contributed by atoms with van der Waals surface area (Å²) in [6.45, 7) is 7.38. The molecule has 19 heavy (non-hydrogen) atoms. The van der Waals surface area contributed by atoms with Crippen LogP contribution in [0.15, 0.2) is 0 Å². The molecule has 1 rings (SSSR count). The van der Waals surface area contributed by atoms with E-state index in [-0.39, 0.29) is 0 Å². The number of rotatable bonds is 11. The molecule has 1 aliphatic rings. The van der Waals surface area contributed by atoms with Crippen molar-refractivity contribution in [2.75, 3.05) is 13.1 Å². The Morgan fingerprint density at radius 1 is 0.789 bits per heavy atom. The fourth-order valence-electron chi connectivity index (χ4n) is 3.39. The molecule has 0 amide bonds. The molecule has 0 N–H and O–H groups in total. The number of hydrogen-bond acceptors (Lipinski definition) is 1. The van der Waals surface area contributed by atoms with Crippen LogP contribution in [-0.4, -0.2) is 24.0 Å². The minimum absolute atomic E-state index is 0.925. The molecule has 1 nitrogen and oxygen atoms in total. The summed E-state index contributed by atoms with van der Waals surface area (Å²) in [5, 5.41) is 0. The van der Waals surface area contributed by atoms with Gasteiger partial charge in [-0.05, 0) is 38.8 Å². The lowest BCUT2D eigenvalue weighted by Gasteiger charge is -2.36. The Labute approximate surface area is 122 Å². The zero-order chi connectivity index (χ0) is 13.8. The van der Waals surface area contributed by atoms with E-state index in [1.807, 2.05) is 0 Å². The van der Waals surface area contributed by atoms with Gasteiger partial charge in [0.1, 0.15) is 0 Å². The minimum atomic E-state index is 0.925. The molecule has 114 valence electrons. The third kappa shape index (κ3) is 7.97. The first-order valence-corrected chi connectivity index (χ1v) is 9.12. The molecule has 0 saturated carbocycles. The maximum absolute atomic E-state index is 2.81. The summed E-state index contributed by atoms with van der Waals surface area (Å²) in [5.41, 5.74) is 0. The van der Waals surface area contributed by atoms with E-state index < -0.39 is 0 Å². The molecule has 0 aliphatic carbocycles. The van der Waals surface area contributed by atoms with Crippen molar-refractivity contribution in [2.45, 2.75) is 103 Å². The molecule has 1 aliphatic heterocycles. The molecule has 0 aromatic heterocycles. The van der Waals surface area contributed by atoms with Crippen molar-refractivity contribution in [3.8, 4) is 0 Å². The lowest BCUT2D eigenvalue weighted by atomic mass is 9.97. The maximum atomic E-state index is 2.81. The Hall–Kier alpha value is -0.0400. The number of unbranched alkanes of at least 4 members (excludes halogenated alkanes) is 7. The molecule has 1 heteroatoms. The first-order valence-electron chi connectivity index (χ1n) is 9.12. The van der Waals surface area contributed by atoms with E-state index in [9.17, 15) is 0 Å². The minimum Gasteiger partial charge on any atom is -0.300 e. The second-order valence-electron chi connectivity index (χ2n) is 6.45. The molecule has 1 saturated heterocycles. The fraction of sp³-hybridized carbons (Fsp3) is 1.00. The highest BCUT2D eigenvalue weighted by Crippen LogP contribution is 2.22. The highest BCUT2D eigenvalue weighted by Gasteiger charge is 2.20. The van der Waals surface area contributed by atoms with Gasteiger partial charge >= 0.3 is 0 Å². The second-order valence-corrected chi connectivity index (χ2v) is 6.45. The fourth-order valence-corrected chi connectivity index (χ4v) is 3.39. The Morgan fingerprint density at radius 3 is 2.21 bits per heavy atom. The average molecular weight is 268 g/mol. The summed E-state index contributed by atoms with van der Waals surface area (Å²) >= 11 is 0. The predicted octanol–water partition coefficient (Wildman–Crippen LogP) is 5.78. The van der Waals surface area contributed by atoms with Gasteiger partial charge in [0.2, 0.25) is 0 Å². The number of nitrogens with zero attached hydrogens (tertiary/aromatic N) is 1. The molecular weight excluding hydrogens is 230 g/mol. The van der Waals surface area contributed by atoms with Crippen molar-refractivity contribution in [1.29, 1.82) is 0 Å². The predicted molar refractivity (Wildman–Crippen MR) is 86.7 cm³/mol. The van der Waals surface area contributed by atoms with Crippen molar-refractivity contribution in [2.24, 2.45) is 0 Å². The first-order chi connectivity index (χ1) is 9.38. The largest absolute Gasteiger partial charge is 0.300 e. The quantitative estimate of drug-likeness (QED) is 0.429. The Kier molecular flexibility index (Phi) is 10.5. The van der Waals surface area contributed by atoms with Gasteiger partial charge in [0, 0.05) is 6.04 Å². The van der Waals surface area contributed by atoms with Gasteiger partial charge < -0.3 is 4.90 Å². The lowest BCUT2D eigenvalue weighted by molar-refractivity contribution is 0.135. The monoisotopic (exact) mass is 267 g/mol. The molecular formula is C18H37N. The maximum Gasteiger partial charge on any atom is 0.00952 e. The molecule has 0 radical (unpaired) electrons. The van der Waals surface area contributed by atoms with Crippen molar-refractivity contribution in [1.82, 2.24) is 4.90 Å². The van der Waals surface area contributed by atoms with Crippen LogP contribution in [0.25, 0.3) is 0 Å². The van der Waals surface area contributed by atoms with E-state index in [4.69, 9.17) is 0 Å². The van der Waals surface area contributed by atoms with Crippen LogP contribution in [0.1, 0.15) is 97.3 Å². The van der Waals surface area contributed by atoms with Crippen molar-refractivity contribution >= 4 is 0 Å². The van der Waals surface area contributed by atoms with Gasteiger partial charge in [-0.15, -0.1) is 0 Å². The molecule has 0 aromatic carbocycles. The third-order valence-corrected chi connectivity index (χ3v) is 4.69. The van der Waals surface area contributed by atoms with Crippen LogP contribution >= 0.6 is 0 Å². The van der Waals surface area contributed by atoms with E-state index in [2.05, 4.69) is 18.7 Å². The molecule has 0 aromatic rings. The van der Waals surface area contributed by atoms with Crippen LogP contribution in [-0.2, 0) is 0 Å². The molecule has 1 atom stereocenters. The topological polar surface area (TPSA) is 3.24 Å². The van der Waals surface area contributed by atoms with Gasteiger partial charge in [-0.1, -0.05) is 71.6 Å². The molecule has 1 fully saturated rings. The van der Waals surface area contributed by atoms with Crippen molar-refractivity contribution in [3.05, 3.63) is 0 Å². The van der Waals surface area contributed by atoms with Gasteiger partial charge in [0.05, 0.1) is 0 Å². The Balaban J connectivity index is 2.04. The van der Waals surface area contributed by atoms with E-state index >= 15 is 0 Å². The lowest BCUT2D eigenvalue weighted by Crippen LogP contribution is -2.40. The highest BCUT2D eigenvalue weighted by atomic mass is 15.2. The number of likely N-dealkylation sites (tertiary alicyclic amines) is 1. The summed E-state index contributed by atoms with van der Waals surface area (Å²) in [7, 11) is 0. The van der Waals surface area contributed by atoms with Crippen LogP contribution in [0.2, 0.25) is 0 Å². The van der Waals surface area contributed by atoms with E-state index in [0.717, 1.165) is 6.04 Å². The first kappa shape index (κ1) is 17.0. The number of piperidine rings is 1. The van der Waals surface area contributed by atoms with Crippen LogP contribution in [0, 0.1) is 0 Å². The van der Waals surface area contributed by atoms with Crippen LogP contribution in [0.5, 0.6) is 0 Å². The van der Waals surface area contributed by atoms with E-state index in [0.29, 0.717) is 0 Å². The van der Waals surface area contributed by atoms with Crippen LogP contribution in [0.3, 0.4) is 0 Å². The Morgan fingerprint density at radius 2 is 1.47 bits per heavy atom. The highest BCUT2D eigenvalue weighted by molar-refractivity contribution is 4.76. The van der Waals surface area contributed by atoms with E-state index in [1.54, 1.807) is 0 Å². The molecule has 1 unspecified atom stereocenters. The van der Waals surface area contributed by atoms with E-state index in [1.165, 1.54) is 96.6 Å². The van der Waals surface area contributed by atoms with Crippen LogP contribution in [0.4, 0.5) is 0 Å². The summed E-state index contributed by atoms with van der Waals surface area (Å²) < 4.78 is 0. The second kappa shape index (κ2) is 11.8. The SMILES string of the molecule is CCCCCCCCCN1CCCCC1CCCC. The van der Waals surface area contributed by atoms with Crippen LogP contribution < -0.4 is 0 Å². The molecule has 1 heterocycles. The van der Waals surface area contributed by atoms with Crippen molar-refractivity contribution < 1.29 is 0 Å². The summed E-state index contributed by atoms with van der Waals surface area (Å²) in [6.07, 6.45) is 18.7. The van der Waals surface area contributed by atoms with Crippen molar-refractivity contribution in [3.63, 3.8) is 0 Å². The van der Waals surface area contributed by atoms with Gasteiger partial charge in [-0.2, -0.15) is 0 Å². The van der Waals surface area contributed by atoms with Gasteiger partial charge in [0.15, 0.2) is 0 Å². The standard InChI is InChI=1S/C18H37N/c1-3-5-7-8-9-10-12-16-19-17-13-11-15-18(19)14-6-4-2/h18H,3-17H2,1-2H3. The third-order valence-electron chi connectivity index (χ3n) is 4.69. The summed E-state index contributed by atoms with van der Waals surface area (Å²) in [4.78, 5) is 2.81. The molecule has 0 spiro atoms. The summed E-state index contributed by atoms with van der Waals surface area (Å²) in [5.74, 6) is 0. The Bertz CT molecular complexity index is 190.